The van der Waals surface area contributed by atoms with Crippen molar-refractivity contribution in [1.29, 1.82) is 0 Å². The van der Waals surface area contributed by atoms with Crippen LogP contribution in [0.15, 0.2) is 71.9 Å². The molecule has 4 rings (SSSR count). The summed E-state index contributed by atoms with van der Waals surface area (Å²) >= 11 is 1.54. The number of amides is 1. The summed E-state index contributed by atoms with van der Waals surface area (Å²) in [7, 11) is 1.56. The molecule has 2 aliphatic rings. The van der Waals surface area contributed by atoms with Crippen LogP contribution in [0.25, 0.3) is 0 Å². The number of hydrogen-bond acceptors (Lipinski definition) is 6. The normalized spacial score (nSPS) is 21.1. The van der Waals surface area contributed by atoms with Crippen molar-refractivity contribution in [1.82, 2.24) is 4.90 Å². The van der Waals surface area contributed by atoms with Gasteiger partial charge in [-0.15, -0.1) is 11.8 Å². The Hall–Kier alpha value is -2.61. The third-order valence-electron chi connectivity index (χ3n) is 5.03. The van der Waals surface area contributed by atoms with Crippen molar-refractivity contribution in [2.75, 3.05) is 19.5 Å². The van der Waals surface area contributed by atoms with Crippen LogP contribution < -0.4 is 5.73 Å². The predicted molar refractivity (Wildman–Crippen MR) is 111 cm³/mol. The Morgan fingerprint density at radius 3 is 2.28 bits per heavy atom. The summed E-state index contributed by atoms with van der Waals surface area (Å²) in [6, 6.07) is 18.5. The highest BCUT2D eigenvalue weighted by Crippen LogP contribution is 2.40. The van der Waals surface area contributed by atoms with Crippen LogP contribution in [0.3, 0.4) is 0 Å². The Morgan fingerprint density at radius 1 is 1.14 bits per heavy atom. The third-order valence-corrected chi connectivity index (χ3v) is 6.39. The Balaban J connectivity index is 1.68. The summed E-state index contributed by atoms with van der Waals surface area (Å²) in [5.74, 6) is -0.235. The molecule has 0 radical (unpaired) electrons. The number of methoxy groups -OCH3 is 1. The van der Waals surface area contributed by atoms with Crippen molar-refractivity contribution in [3.63, 3.8) is 0 Å². The third kappa shape index (κ3) is 3.69. The molecule has 0 aromatic heterocycles. The number of carbonyl (C=O) groups is 2. The van der Waals surface area contributed by atoms with Gasteiger partial charge in [0.15, 0.2) is 6.10 Å². The van der Waals surface area contributed by atoms with Gasteiger partial charge in [-0.25, -0.2) is 4.79 Å². The molecule has 2 aromatic carbocycles. The van der Waals surface area contributed by atoms with E-state index in [-0.39, 0.29) is 23.6 Å². The van der Waals surface area contributed by atoms with Gasteiger partial charge < -0.3 is 15.2 Å². The van der Waals surface area contributed by atoms with Crippen LogP contribution in [-0.4, -0.2) is 47.7 Å². The number of carbonyl (C=O) groups excluding carboxylic acids is 2. The molecule has 2 aromatic rings. The number of nitrogens with zero attached hydrogens (tertiary/aromatic N) is 1. The molecule has 2 atom stereocenters. The highest BCUT2D eigenvalue weighted by Gasteiger charge is 2.52. The average molecular weight is 410 g/mol. The Kier molecular flexibility index (Phi) is 5.71. The number of rotatable bonds is 6. The van der Waals surface area contributed by atoms with Crippen LogP contribution in [0.2, 0.25) is 0 Å². The highest BCUT2D eigenvalue weighted by atomic mass is 32.2. The van der Waals surface area contributed by atoms with Gasteiger partial charge in [0, 0.05) is 12.9 Å². The van der Waals surface area contributed by atoms with Gasteiger partial charge in [0.2, 0.25) is 5.91 Å². The molecule has 150 valence electrons. The Morgan fingerprint density at radius 2 is 1.72 bits per heavy atom. The molecule has 7 heteroatoms. The largest absolute Gasteiger partial charge is 0.448 e. The number of fused-ring (bicyclic) bond motifs is 1. The van der Waals surface area contributed by atoms with Gasteiger partial charge in [0.05, 0.1) is 6.61 Å². The molecule has 29 heavy (non-hydrogen) atoms. The van der Waals surface area contributed by atoms with Gasteiger partial charge in [-0.2, -0.15) is 0 Å². The molecule has 1 amide bonds. The van der Waals surface area contributed by atoms with Crippen molar-refractivity contribution in [3.05, 3.63) is 83.1 Å². The van der Waals surface area contributed by atoms with E-state index >= 15 is 0 Å². The molecule has 0 saturated carbocycles. The lowest BCUT2D eigenvalue weighted by Crippen LogP contribution is -2.68. The fourth-order valence-electron chi connectivity index (χ4n) is 3.60. The minimum absolute atomic E-state index is 0.238. The van der Waals surface area contributed by atoms with Crippen LogP contribution in [0, 0.1) is 0 Å². The van der Waals surface area contributed by atoms with Crippen molar-refractivity contribution < 1.29 is 19.1 Å². The zero-order valence-corrected chi connectivity index (χ0v) is 16.8. The first-order chi connectivity index (χ1) is 14.1. The highest BCUT2D eigenvalue weighted by molar-refractivity contribution is 8.00. The molecular formula is C22H22N2O4S. The zero-order chi connectivity index (χ0) is 20.4. The number of esters is 1. The Labute approximate surface area is 173 Å². The van der Waals surface area contributed by atoms with Gasteiger partial charge in [0.25, 0.3) is 0 Å². The molecule has 0 aliphatic carbocycles. The van der Waals surface area contributed by atoms with E-state index in [0.29, 0.717) is 5.75 Å². The molecular weight excluding hydrogens is 388 g/mol. The summed E-state index contributed by atoms with van der Waals surface area (Å²) in [5, 5.41) is -0.238. The molecule has 1 saturated heterocycles. The van der Waals surface area contributed by atoms with Gasteiger partial charge in [-0.05, 0) is 16.7 Å². The van der Waals surface area contributed by atoms with Crippen LogP contribution in [-0.2, 0) is 19.1 Å². The molecule has 2 N–H and O–H groups in total. The van der Waals surface area contributed by atoms with Gasteiger partial charge in [0.1, 0.15) is 17.1 Å². The lowest BCUT2D eigenvalue weighted by molar-refractivity contribution is -0.153. The number of nitrogens with two attached hydrogens (primary N) is 1. The van der Waals surface area contributed by atoms with E-state index in [4.69, 9.17) is 15.2 Å². The molecule has 2 aliphatic heterocycles. The summed E-state index contributed by atoms with van der Waals surface area (Å²) in [4.78, 5) is 27.2. The first kappa shape index (κ1) is 19.7. The number of ether oxygens (including phenoxy) is 2. The van der Waals surface area contributed by atoms with Crippen molar-refractivity contribution >= 4 is 23.6 Å². The maximum atomic E-state index is 13.3. The number of benzene rings is 2. The summed E-state index contributed by atoms with van der Waals surface area (Å²) in [5.41, 5.74) is 8.63. The van der Waals surface area contributed by atoms with Crippen molar-refractivity contribution in [2.45, 2.75) is 17.5 Å². The van der Waals surface area contributed by atoms with E-state index in [1.165, 1.54) is 4.90 Å². The first-order valence-corrected chi connectivity index (χ1v) is 10.4. The summed E-state index contributed by atoms with van der Waals surface area (Å²) in [6.45, 7) is 0.254. The standard InChI is InChI=1S/C22H22N2O4S/c1-27-12-16-13-29-21-17(23)20(25)24(21)18(16)22(26)28-19(14-8-4-2-5-9-14)15-10-6-3-7-11-15/h2-11,17,19,21H,12-13,23H2,1H3/t17-,21-/m1/s1. The smallest absolute Gasteiger partial charge is 0.356 e. The second-order valence-corrected chi connectivity index (χ2v) is 8.03. The maximum absolute atomic E-state index is 13.3. The number of hydrogen-bond donors (Lipinski definition) is 1. The monoisotopic (exact) mass is 410 g/mol. The van der Waals surface area contributed by atoms with Crippen LogP contribution in [0.1, 0.15) is 17.2 Å². The molecule has 0 unspecified atom stereocenters. The minimum Gasteiger partial charge on any atom is -0.448 e. The number of β-lactam (4-membered cyclic amide) rings is 1. The molecule has 1 fully saturated rings. The fraction of sp³-hybridized carbons (Fsp3) is 0.273. The lowest BCUT2D eigenvalue weighted by Gasteiger charge is -2.48. The van der Waals surface area contributed by atoms with Crippen molar-refractivity contribution in [3.8, 4) is 0 Å². The summed E-state index contributed by atoms with van der Waals surface area (Å²) < 4.78 is 11.2. The second kappa shape index (κ2) is 8.41. The van der Waals surface area contributed by atoms with E-state index in [1.807, 2.05) is 60.7 Å². The molecule has 2 heterocycles. The Bertz CT molecular complexity index is 893. The quantitative estimate of drug-likeness (QED) is 0.582. The van der Waals surface area contributed by atoms with Gasteiger partial charge >= 0.3 is 5.97 Å². The van der Waals surface area contributed by atoms with Crippen LogP contribution in [0.4, 0.5) is 0 Å². The topological polar surface area (TPSA) is 81.9 Å². The van der Waals surface area contributed by atoms with Crippen LogP contribution in [0.5, 0.6) is 0 Å². The van der Waals surface area contributed by atoms with Crippen molar-refractivity contribution in [2.24, 2.45) is 5.73 Å². The van der Waals surface area contributed by atoms with E-state index < -0.39 is 18.1 Å². The second-order valence-electron chi connectivity index (χ2n) is 6.93. The molecule has 0 spiro atoms. The maximum Gasteiger partial charge on any atom is 0.356 e. The zero-order valence-electron chi connectivity index (χ0n) is 16.0. The van der Waals surface area contributed by atoms with E-state index in [0.717, 1.165) is 16.7 Å². The summed E-state index contributed by atoms with van der Waals surface area (Å²) in [6.07, 6.45) is -0.584. The number of thioether (sulfide) groups is 1. The minimum atomic E-state index is -0.592. The van der Waals surface area contributed by atoms with E-state index in [1.54, 1.807) is 18.9 Å². The SMILES string of the molecule is COCC1=C(C(=O)OC(c2ccccc2)c2ccccc2)N2C(=O)[C@@H](N)[C@H]2SC1. The first-order valence-electron chi connectivity index (χ1n) is 9.34. The molecule has 6 nitrogen and oxygen atoms in total. The van der Waals surface area contributed by atoms with Gasteiger partial charge in [-0.1, -0.05) is 60.7 Å². The van der Waals surface area contributed by atoms with E-state index in [2.05, 4.69) is 0 Å². The average Bonchev–Trinajstić information content (AvgIpc) is 2.77. The molecule has 0 bridgehead atoms. The lowest BCUT2D eigenvalue weighted by atomic mass is 10.0. The van der Waals surface area contributed by atoms with Crippen LogP contribution >= 0.6 is 11.8 Å². The van der Waals surface area contributed by atoms with Gasteiger partial charge in [-0.3, -0.25) is 9.69 Å². The fourth-order valence-corrected chi connectivity index (χ4v) is 4.87. The van der Waals surface area contributed by atoms with E-state index in [9.17, 15) is 9.59 Å². The predicted octanol–water partition coefficient (Wildman–Crippen LogP) is 2.46.